The van der Waals surface area contributed by atoms with Crippen molar-refractivity contribution in [3.8, 4) is 0 Å². The topological polar surface area (TPSA) is 50.8 Å². The highest BCUT2D eigenvalue weighted by molar-refractivity contribution is 6.30. The Morgan fingerprint density at radius 1 is 1.44 bits per heavy atom. The summed E-state index contributed by atoms with van der Waals surface area (Å²) in [7, 11) is 3.28. The van der Waals surface area contributed by atoms with E-state index in [1.165, 1.54) is 6.07 Å². The highest BCUT2D eigenvalue weighted by atomic mass is 35.5. The van der Waals surface area contributed by atoms with E-state index in [4.69, 9.17) is 21.1 Å². The average Bonchev–Trinajstić information content (AvgIpc) is 3.35. The van der Waals surface area contributed by atoms with Crippen molar-refractivity contribution in [3.05, 3.63) is 34.6 Å². The van der Waals surface area contributed by atoms with Gasteiger partial charge in [-0.2, -0.15) is 0 Å². The molecule has 1 saturated carbocycles. The zero-order chi connectivity index (χ0) is 18.0. The molecule has 1 aliphatic heterocycles. The van der Waals surface area contributed by atoms with E-state index >= 15 is 0 Å². The van der Waals surface area contributed by atoms with Crippen molar-refractivity contribution in [2.24, 2.45) is 5.92 Å². The van der Waals surface area contributed by atoms with Crippen LogP contribution in [-0.4, -0.2) is 50.4 Å². The molecule has 0 aromatic heterocycles. The van der Waals surface area contributed by atoms with Crippen LogP contribution in [0, 0.1) is 11.7 Å². The van der Waals surface area contributed by atoms with Gasteiger partial charge in [-0.15, -0.1) is 0 Å². The number of hydrogen-bond acceptors (Lipinski definition) is 3. The van der Waals surface area contributed by atoms with E-state index in [1.54, 1.807) is 31.3 Å². The fourth-order valence-electron chi connectivity index (χ4n) is 3.47. The number of carbonyl (C=O) groups excluding carboxylic acids is 1. The number of urea groups is 1. The van der Waals surface area contributed by atoms with E-state index in [-0.39, 0.29) is 29.2 Å². The van der Waals surface area contributed by atoms with Crippen LogP contribution in [0.25, 0.3) is 0 Å². The van der Waals surface area contributed by atoms with E-state index in [0.29, 0.717) is 19.1 Å². The van der Waals surface area contributed by atoms with Crippen molar-refractivity contribution in [2.75, 3.05) is 27.4 Å². The van der Waals surface area contributed by atoms with Crippen LogP contribution in [0.2, 0.25) is 5.02 Å². The molecule has 5 nitrogen and oxygen atoms in total. The Balaban J connectivity index is 1.73. The SMILES string of the molecule is COC[C@@H]1C[C@H](OC)CN1C(=O)NC(c1ccc(F)c(Cl)c1)C1CC1. The van der Waals surface area contributed by atoms with Crippen molar-refractivity contribution in [3.63, 3.8) is 0 Å². The number of carbonyl (C=O) groups is 1. The first kappa shape index (κ1) is 18.4. The molecule has 0 bridgehead atoms. The summed E-state index contributed by atoms with van der Waals surface area (Å²) in [5.41, 5.74) is 0.841. The molecule has 1 heterocycles. The molecule has 0 radical (unpaired) electrons. The van der Waals surface area contributed by atoms with Crippen molar-refractivity contribution in [2.45, 2.75) is 37.5 Å². The van der Waals surface area contributed by atoms with E-state index in [1.807, 2.05) is 0 Å². The summed E-state index contributed by atoms with van der Waals surface area (Å²) < 4.78 is 24.1. The third-order valence-electron chi connectivity index (χ3n) is 5.00. The lowest BCUT2D eigenvalue weighted by atomic mass is 10.0. The molecule has 25 heavy (non-hydrogen) atoms. The maximum Gasteiger partial charge on any atom is 0.318 e. The number of hydrogen-bond donors (Lipinski definition) is 1. The molecule has 3 atom stereocenters. The number of halogens is 2. The lowest BCUT2D eigenvalue weighted by molar-refractivity contribution is 0.109. The Morgan fingerprint density at radius 3 is 2.80 bits per heavy atom. The van der Waals surface area contributed by atoms with Gasteiger partial charge in [-0.3, -0.25) is 0 Å². The zero-order valence-electron chi connectivity index (χ0n) is 14.5. The van der Waals surface area contributed by atoms with Crippen molar-refractivity contribution < 1.29 is 18.7 Å². The summed E-state index contributed by atoms with van der Waals surface area (Å²) in [6.45, 7) is 1.02. The molecule has 0 spiro atoms. The second-order valence-electron chi connectivity index (χ2n) is 6.79. The Bertz CT molecular complexity index is 626. The fraction of sp³-hybridized carbons (Fsp3) is 0.611. The molecule has 2 amide bonds. The van der Waals surface area contributed by atoms with Crippen LogP contribution >= 0.6 is 11.6 Å². The van der Waals surface area contributed by atoms with E-state index in [0.717, 1.165) is 24.8 Å². The number of rotatable bonds is 6. The molecule has 1 unspecified atom stereocenters. The molecule has 1 N–H and O–H groups in total. The van der Waals surface area contributed by atoms with E-state index in [9.17, 15) is 9.18 Å². The molecular weight excluding hydrogens is 347 g/mol. The monoisotopic (exact) mass is 370 g/mol. The van der Waals surface area contributed by atoms with Crippen LogP contribution in [0.1, 0.15) is 30.9 Å². The number of methoxy groups -OCH3 is 2. The van der Waals surface area contributed by atoms with Crippen LogP contribution in [0.4, 0.5) is 9.18 Å². The maximum atomic E-state index is 13.4. The van der Waals surface area contributed by atoms with Gasteiger partial charge >= 0.3 is 6.03 Å². The smallest absolute Gasteiger partial charge is 0.318 e. The van der Waals surface area contributed by atoms with Crippen LogP contribution < -0.4 is 5.32 Å². The summed E-state index contributed by atoms with van der Waals surface area (Å²) >= 11 is 5.92. The van der Waals surface area contributed by atoms with Gasteiger partial charge in [-0.25, -0.2) is 9.18 Å². The Morgan fingerprint density at radius 2 is 2.20 bits per heavy atom. The quantitative estimate of drug-likeness (QED) is 0.835. The first-order valence-electron chi connectivity index (χ1n) is 8.57. The molecule has 3 rings (SSSR count). The van der Waals surface area contributed by atoms with Gasteiger partial charge in [-0.05, 0) is 42.9 Å². The van der Waals surface area contributed by atoms with Crippen LogP contribution in [0.3, 0.4) is 0 Å². The van der Waals surface area contributed by atoms with Gasteiger partial charge < -0.3 is 19.7 Å². The molecule has 2 fully saturated rings. The molecule has 1 aromatic rings. The number of likely N-dealkylation sites (tertiary alicyclic amines) is 1. The second-order valence-corrected chi connectivity index (χ2v) is 7.20. The number of nitrogens with zero attached hydrogens (tertiary/aromatic N) is 1. The number of nitrogens with one attached hydrogen (secondary N) is 1. The molecule has 1 aliphatic carbocycles. The molecule has 1 saturated heterocycles. The van der Waals surface area contributed by atoms with Gasteiger partial charge in [-0.1, -0.05) is 17.7 Å². The minimum Gasteiger partial charge on any atom is -0.383 e. The zero-order valence-corrected chi connectivity index (χ0v) is 15.3. The standard InChI is InChI=1S/C18H24ClFN2O3/c1-24-10-13-8-14(25-2)9-22(13)18(23)21-17(11-3-4-11)12-5-6-16(20)15(19)7-12/h5-7,11,13-14,17H,3-4,8-10H2,1-2H3,(H,21,23)/t13-,14-,17?/m0/s1. The highest BCUT2D eigenvalue weighted by Gasteiger charge is 2.39. The normalized spacial score (nSPS) is 24.4. The lowest BCUT2D eigenvalue weighted by Gasteiger charge is -2.28. The Labute approximate surface area is 152 Å². The van der Waals surface area contributed by atoms with E-state index < -0.39 is 5.82 Å². The summed E-state index contributed by atoms with van der Waals surface area (Å²) in [6, 6.07) is 4.35. The minimum atomic E-state index is -0.450. The summed E-state index contributed by atoms with van der Waals surface area (Å²) in [6.07, 6.45) is 2.86. The predicted octanol–water partition coefficient (Wildman–Crippen LogP) is 3.38. The first-order valence-corrected chi connectivity index (χ1v) is 8.95. The van der Waals surface area contributed by atoms with Gasteiger partial charge in [0.05, 0.1) is 29.8 Å². The number of benzene rings is 1. The van der Waals surface area contributed by atoms with E-state index in [2.05, 4.69) is 5.32 Å². The molecule has 138 valence electrons. The molecule has 2 aliphatic rings. The summed E-state index contributed by atoms with van der Waals surface area (Å²) in [4.78, 5) is 14.6. The third-order valence-corrected chi connectivity index (χ3v) is 5.29. The maximum absolute atomic E-state index is 13.4. The number of amides is 2. The van der Waals surface area contributed by atoms with Crippen LogP contribution in [0.5, 0.6) is 0 Å². The molecular formula is C18H24ClFN2O3. The molecule has 1 aromatic carbocycles. The van der Waals surface area contributed by atoms with Gasteiger partial charge in [0.1, 0.15) is 5.82 Å². The Kier molecular flexibility index (Phi) is 5.81. The van der Waals surface area contributed by atoms with Gasteiger partial charge in [0.2, 0.25) is 0 Å². The summed E-state index contributed by atoms with van der Waals surface area (Å²) in [5.74, 6) is -0.0823. The first-order chi connectivity index (χ1) is 12.0. The highest BCUT2D eigenvalue weighted by Crippen LogP contribution is 2.42. The fourth-order valence-corrected chi connectivity index (χ4v) is 3.66. The van der Waals surface area contributed by atoms with Crippen molar-refractivity contribution in [1.82, 2.24) is 10.2 Å². The van der Waals surface area contributed by atoms with Gasteiger partial charge in [0.15, 0.2) is 0 Å². The largest absolute Gasteiger partial charge is 0.383 e. The predicted molar refractivity (Wildman–Crippen MR) is 93.2 cm³/mol. The van der Waals surface area contributed by atoms with Crippen molar-refractivity contribution >= 4 is 17.6 Å². The molecule has 7 heteroatoms. The summed E-state index contributed by atoms with van der Waals surface area (Å²) in [5, 5.41) is 3.19. The van der Waals surface area contributed by atoms with Crippen molar-refractivity contribution in [1.29, 1.82) is 0 Å². The average molecular weight is 371 g/mol. The Hall–Kier alpha value is -1.37. The van der Waals surface area contributed by atoms with Crippen LogP contribution in [-0.2, 0) is 9.47 Å². The third kappa shape index (κ3) is 4.25. The van der Waals surface area contributed by atoms with Crippen LogP contribution in [0.15, 0.2) is 18.2 Å². The minimum absolute atomic E-state index is 0.00777. The number of ether oxygens (including phenoxy) is 2. The van der Waals surface area contributed by atoms with Gasteiger partial charge in [0.25, 0.3) is 0 Å². The second kappa shape index (κ2) is 7.89. The van der Waals surface area contributed by atoms with Gasteiger partial charge in [0, 0.05) is 20.8 Å². The lowest BCUT2D eigenvalue weighted by Crippen LogP contribution is -2.46.